The summed E-state index contributed by atoms with van der Waals surface area (Å²) in [5.74, 6) is 0.678. The number of amides is 1. The number of carbonyl (C=O) groups is 1. The second-order valence-electron chi connectivity index (χ2n) is 3.88. The molecule has 1 rings (SSSR count). The zero-order chi connectivity index (χ0) is 11.4. The highest BCUT2D eigenvalue weighted by atomic mass is 16.5. The van der Waals surface area contributed by atoms with Gasteiger partial charge in [-0.2, -0.15) is 0 Å². The van der Waals surface area contributed by atoms with Crippen molar-refractivity contribution in [3.8, 4) is 0 Å². The van der Waals surface area contributed by atoms with Crippen LogP contribution in [0.5, 0.6) is 0 Å². The van der Waals surface area contributed by atoms with Crippen LogP contribution in [-0.2, 0) is 0 Å². The number of hydrogen-bond donors (Lipinski definition) is 2. The van der Waals surface area contributed by atoms with Crippen LogP contribution in [-0.4, -0.2) is 23.7 Å². The molecule has 0 aliphatic rings. The largest absolute Gasteiger partial charge is 0.361 e. The zero-order valence-corrected chi connectivity index (χ0v) is 9.28. The quantitative estimate of drug-likeness (QED) is 0.768. The molecule has 0 spiro atoms. The Morgan fingerprint density at radius 1 is 1.67 bits per heavy atom. The van der Waals surface area contributed by atoms with Gasteiger partial charge in [0.2, 0.25) is 0 Å². The van der Waals surface area contributed by atoms with E-state index in [-0.39, 0.29) is 11.9 Å². The van der Waals surface area contributed by atoms with Crippen molar-refractivity contribution >= 4 is 5.91 Å². The van der Waals surface area contributed by atoms with Gasteiger partial charge in [0.15, 0.2) is 5.69 Å². The van der Waals surface area contributed by atoms with Gasteiger partial charge in [-0.25, -0.2) is 0 Å². The number of rotatable bonds is 4. The van der Waals surface area contributed by atoms with E-state index in [1.54, 1.807) is 13.0 Å². The van der Waals surface area contributed by atoms with E-state index in [0.717, 1.165) is 0 Å². The van der Waals surface area contributed by atoms with Crippen LogP contribution in [0.2, 0.25) is 0 Å². The van der Waals surface area contributed by atoms with E-state index < -0.39 is 0 Å². The number of aromatic nitrogens is 1. The summed E-state index contributed by atoms with van der Waals surface area (Å²) in [6.45, 7) is 6.17. The summed E-state index contributed by atoms with van der Waals surface area (Å²) in [5, 5.41) is 6.44. The molecule has 0 saturated carbocycles. The standard InChI is InChI=1S/C10H17N3O2/c1-6(2)9(5-11)12-10(14)8-4-7(3)15-13-8/h4,6,9H,5,11H2,1-3H3,(H,12,14). The van der Waals surface area contributed by atoms with E-state index in [1.807, 2.05) is 13.8 Å². The number of aryl methyl sites for hydroxylation is 1. The van der Waals surface area contributed by atoms with Crippen molar-refractivity contribution in [2.75, 3.05) is 6.54 Å². The van der Waals surface area contributed by atoms with Gasteiger partial charge < -0.3 is 15.6 Å². The molecule has 5 heteroatoms. The van der Waals surface area contributed by atoms with E-state index in [9.17, 15) is 4.79 Å². The van der Waals surface area contributed by atoms with Crippen molar-refractivity contribution in [1.29, 1.82) is 0 Å². The Bertz CT molecular complexity index is 333. The van der Waals surface area contributed by atoms with Crippen LogP contribution in [0.1, 0.15) is 30.1 Å². The average Bonchev–Trinajstić information content (AvgIpc) is 2.60. The van der Waals surface area contributed by atoms with Crippen LogP contribution in [0.3, 0.4) is 0 Å². The second kappa shape index (κ2) is 4.93. The minimum Gasteiger partial charge on any atom is -0.361 e. The first-order valence-electron chi connectivity index (χ1n) is 4.98. The Balaban J connectivity index is 2.62. The summed E-state index contributed by atoms with van der Waals surface area (Å²) < 4.78 is 4.82. The van der Waals surface area contributed by atoms with Crippen LogP contribution in [0.4, 0.5) is 0 Å². The molecule has 3 N–H and O–H groups in total. The smallest absolute Gasteiger partial charge is 0.273 e. The van der Waals surface area contributed by atoms with Crippen molar-refractivity contribution in [2.24, 2.45) is 11.7 Å². The van der Waals surface area contributed by atoms with Gasteiger partial charge in [0.1, 0.15) is 5.76 Å². The highest BCUT2D eigenvalue weighted by Crippen LogP contribution is 2.04. The molecule has 0 aromatic carbocycles. The second-order valence-corrected chi connectivity index (χ2v) is 3.88. The lowest BCUT2D eigenvalue weighted by atomic mass is 10.0. The maximum Gasteiger partial charge on any atom is 0.273 e. The van der Waals surface area contributed by atoms with E-state index in [4.69, 9.17) is 10.3 Å². The van der Waals surface area contributed by atoms with Crippen LogP contribution < -0.4 is 11.1 Å². The number of nitrogens with zero attached hydrogens (tertiary/aromatic N) is 1. The van der Waals surface area contributed by atoms with E-state index >= 15 is 0 Å². The van der Waals surface area contributed by atoms with Crippen LogP contribution >= 0.6 is 0 Å². The molecule has 84 valence electrons. The van der Waals surface area contributed by atoms with Gasteiger partial charge in [-0.05, 0) is 12.8 Å². The number of hydrogen-bond acceptors (Lipinski definition) is 4. The lowest BCUT2D eigenvalue weighted by molar-refractivity contribution is 0.0918. The highest BCUT2D eigenvalue weighted by molar-refractivity contribution is 5.92. The Morgan fingerprint density at radius 2 is 2.33 bits per heavy atom. The highest BCUT2D eigenvalue weighted by Gasteiger charge is 2.17. The first-order chi connectivity index (χ1) is 7.04. The minimum atomic E-state index is -0.240. The molecule has 1 aromatic rings. The molecule has 1 aromatic heterocycles. The molecule has 0 fully saturated rings. The molecule has 0 aliphatic heterocycles. The molecule has 1 unspecified atom stereocenters. The van der Waals surface area contributed by atoms with Crippen molar-refractivity contribution < 1.29 is 9.32 Å². The van der Waals surface area contributed by atoms with Crippen LogP contribution in [0, 0.1) is 12.8 Å². The molecular formula is C10H17N3O2. The average molecular weight is 211 g/mol. The molecule has 1 atom stereocenters. The minimum absolute atomic E-state index is 0.0329. The van der Waals surface area contributed by atoms with Crippen molar-refractivity contribution in [1.82, 2.24) is 10.5 Å². The van der Waals surface area contributed by atoms with E-state index in [2.05, 4.69) is 10.5 Å². The van der Waals surface area contributed by atoms with Crippen molar-refractivity contribution in [3.05, 3.63) is 17.5 Å². The fourth-order valence-corrected chi connectivity index (χ4v) is 1.21. The molecule has 0 aliphatic carbocycles. The summed E-state index contributed by atoms with van der Waals surface area (Å²) in [5.41, 5.74) is 5.84. The van der Waals surface area contributed by atoms with Crippen LogP contribution in [0.15, 0.2) is 10.6 Å². The fourth-order valence-electron chi connectivity index (χ4n) is 1.21. The first-order valence-corrected chi connectivity index (χ1v) is 4.98. The zero-order valence-electron chi connectivity index (χ0n) is 9.28. The third-order valence-corrected chi connectivity index (χ3v) is 2.24. The SMILES string of the molecule is Cc1cc(C(=O)NC(CN)C(C)C)no1. The lowest BCUT2D eigenvalue weighted by Crippen LogP contribution is -2.43. The monoisotopic (exact) mass is 211 g/mol. The van der Waals surface area contributed by atoms with Crippen molar-refractivity contribution in [3.63, 3.8) is 0 Å². The lowest BCUT2D eigenvalue weighted by Gasteiger charge is -2.19. The molecule has 15 heavy (non-hydrogen) atoms. The molecule has 0 bridgehead atoms. The summed E-state index contributed by atoms with van der Waals surface area (Å²) >= 11 is 0. The fraction of sp³-hybridized carbons (Fsp3) is 0.600. The summed E-state index contributed by atoms with van der Waals surface area (Å²) in [6, 6.07) is 1.57. The maximum absolute atomic E-state index is 11.6. The predicted molar refractivity (Wildman–Crippen MR) is 56.4 cm³/mol. The maximum atomic E-state index is 11.6. The molecular weight excluding hydrogens is 194 g/mol. The predicted octanol–water partition coefficient (Wildman–Crippen LogP) is 0.696. The van der Waals surface area contributed by atoms with Gasteiger partial charge in [0.05, 0.1) is 0 Å². The third kappa shape index (κ3) is 3.06. The first kappa shape index (κ1) is 11.7. The van der Waals surface area contributed by atoms with Gasteiger partial charge in [-0.1, -0.05) is 19.0 Å². The Labute approximate surface area is 89.0 Å². The number of carbonyl (C=O) groups excluding carboxylic acids is 1. The molecule has 0 saturated heterocycles. The van der Waals surface area contributed by atoms with Gasteiger partial charge >= 0.3 is 0 Å². The number of nitrogens with two attached hydrogens (primary N) is 1. The van der Waals surface area contributed by atoms with Crippen LogP contribution in [0.25, 0.3) is 0 Å². The van der Waals surface area contributed by atoms with Gasteiger partial charge in [-0.15, -0.1) is 0 Å². The normalized spacial score (nSPS) is 12.9. The Morgan fingerprint density at radius 3 is 2.73 bits per heavy atom. The summed E-state index contributed by atoms with van der Waals surface area (Å²) in [4.78, 5) is 11.6. The van der Waals surface area contributed by atoms with Gasteiger partial charge in [0, 0.05) is 18.7 Å². The Hall–Kier alpha value is -1.36. The summed E-state index contributed by atoms with van der Waals surface area (Å²) in [6.07, 6.45) is 0. The Kier molecular flexibility index (Phi) is 3.85. The molecule has 1 amide bonds. The van der Waals surface area contributed by atoms with E-state index in [0.29, 0.717) is 23.9 Å². The van der Waals surface area contributed by atoms with E-state index in [1.165, 1.54) is 0 Å². The van der Waals surface area contributed by atoms with Crippen molar-refractivity contribution in [2.45, 2.75) is 26.8 Å². The number of nitrogens with one attached hydrogen (secondary N) is 1. The van der Waals surface area contributed by atoms with Gasteiger partial charge in [0.25, 0.3) is 5.91 Å². The summed E-state index contributed by atoms with van der Waals surface area (Å²) in [7, 11) is 0. The third-order valence-electron chi connectivity index (χ3n) is 2.24. The molecule has 1 heterocycles. The molecule has 0 radical (unpaired) electrons. The van der Waals surface area contributed by atoms with Gasteiger partial charge in [-0.3, -0.25) is 4.79 Å². The molecule has 5 nitrogen and oxygen atoms in total. The topological polar surface area (TPSA) is 81.2 Å².